The fourth-order valence-electron chi connectivity index (χ4n) is 1.79. The molecule has 0 spiro atoms. The van der Waals surface area contributed by atoms with Gasteiger partial charge in [0.2, 0.25) is 0 Å². The van der Waals surface area contributed by atoms with Crippen molar-refractivity contribution in [3.05, 3.63) is 18.2 Å². The predicted molar refractivity (Wildman–Crippen MR) is 61.3 cm³/mol. The van der Waals surface area contributed by atoms with Crippen molar-refractivity contribution in [1.29, 1.82) is 0 Å². The van der Waals surface area contributed by atoms with Crippen molar-refractivity contribution in [1.82, 2.24) is 0 Å². The molecule has 1 aromatic carbocycles. The first-order chi connectivity index (χ1) is 7.00. The van der Waals surface area contributed by atoms with E-state index in [1.54, 1.807) is 12.1 Å². The Morgan fingerprint density at radius 1 is 1.40 bits per heavy atom. The monoisotopic (exact) mass is 226 g/mol. The fourth-order valence-corrected chi connectivity index (χ4v) is 2.67. The quantitative estimate of drug-likeness (QED) is 0.774. The molecule has 1 heterocycles. The maximum absolute atomic E-state index is 11.6. The topological polar surface area (TPSA) is 49.4 Å². The van der Waals surface area contributed by atoms with Crippen molar-refractivity contribution >= 4 is 21.2 Å². The van der Waals surface area contributed by atoms with Crippen LogP contribution in [0.2, 0.25) is 0 Å². The molecule has 0 saturated heterocycles. The lowest BCUT2D eigenvalue weighted by Gasteiger charge is -2.29. The van der Waals surface area contributed by atoms with E-state index in [2.05, 4.69) is 10.2 Å². The first-order valence-electron chi connectivity index (χ1n) is 4.78. The number of hydrogen-bond donors (Lipinski definition) is 1. The molecular formula is C10H14N2O2S. The van der Waals surface area contributed by atoms with Crippen LogP contribution in [-0.4, -0.2) is 34.8 Å². The van der Waals surface area contributed by atoms with Crippen molar-refractivity contribution in [2.45, 2.75) is 4.90 Å². The second-order valence-electron chi connectivity index (χ2n) is 3.77. The molecule has 0 atom stereocenters. The summed E-state index contributed by atoms with van der Waals surface area (Å²) in [7, 11) is -1.19. The molecule has 1 aromatic rings. The number of nitrogens with one attached hydrogen (secondary N) is 1. The van der Waals surface area contributed by atoms with E-state index >= 15 is 0 Å². The second kappa shape index (κ2) is 3.41. The van der Waals surface area contributed by atoms with Crippen LogP contribution in [0.5, 0.6) is 0 Å². The highest BCUT2D eigenvalue weighted by Gasteiger charge is 2.20. The lowest BCUT2D eigenvalue weighted by atomic mass is 10.2. The van der Waals surface area contributed by atoms with E-state index in [-0.39, 0.29) is 0 Å². The Morgan fingerprint density at radius 3 is 2.80 bits per heavy atom. The van der Waals surface area contributed by atoms with Gasteiger partial charge >= 0.3 is 0 Å². The summed E-state index contributed by atoms with van der Waals surface area (Å²) in [5, 5.41) is 3.15. The molecule has 1 N–H and O–H groups in total. The van der Waals surface area contributed by atoms with Gasteiger partial charge in [0.1, 0.15) is 0 Å². The van der Waals surface area contributed by atoms with Gasteiger partial charge in [-0.3, -0.25) is 0 Å². The molecule has 15 heavy (non-hydrogen) atoms. The standard InChI is InChI=1S/C10H14N2O2S/c1-12-7-6-11-10-8(12)4-3-5-9(10)15(2,13)14/h3-5,11H,6-7H2,1-2H3. The van der Waals surface area contributed by atoms with Gasteiger partial charge in [0.15, 0.2) is 9.84 Å². The third kappa shape index (κ3) is 1.79. The molecule has 1 aliphatic rings. The van der Waals surface area contributed by atoms with Gasteiger partial charge in [0.25, 0.3) is 0 Å². The Labute approximate surface area is 89.8 Å². The third-order valence-electron chi connectivity index (χ3n) is 2.56. The number of benzene rings is 1. The van der Waals surface area contributed by atoms with Crippen LogP contribution >= 0.6 is 0 Å². The van der Waals surface area contributed by atoms with Crippen molar-refractivity contribution in [3.8, 4) is 0 Å². The zero-order valence-electron chi connectivity index (χ0n) is 8.82. The molecule has 1 aliphatic heterocycles. The van der Waals surface area contributed by atoms with Crippen LogP contribution in [-0.2, 0) is 9.84 Å². The minimum Gasteiger partial charge on any atom is -0.381 e. The van der Waals surface area contributed by atoms with E-state index in [4.69, 9.17) is 0 Å². The highest BCUT2D eigenvalue weighted by atomic mass is 32.2. The molecule has 2 rings (SSSR count). The molecule has 0 bridgehead atoms. The number of anilines is 2. The van der Waals surface area contributed by atoms with Gasteiger partial charge in [0, 0.05) is 26.4 Å². The van der Waals surface area contributed by atoms with E-state index in [0.717, 1.165) is 24.5 Å². The largest absolute Gasteiger partial charge is 0.381 e. The van der Waals surface area contributed by atoms with Crippen LogP contribution in [0.3, 0.4) is 0 Å². The first-order valence-corrected chi connectivity index (χ1v) is 6.67. The van der Waals surface area contributed by atoms with Gasteiger partial charge in [-0.2, -0.15) is 0 Å². The number of likely N-dealkylation sites (N-methyl/N-ethyl adjacent to an activating group) is 1. The van der Waals surface area contributed by atoms with Gasteiger partial charge in [-0.1, -0.05) is 6.07 Å². The summed E-state index contributed by atoms with van der Waals surface area (Å²) >= 11 is 0. The number of fused-ring (bicyclic) bond motifs is 1. The summed E-state index contributed by atoms with van der Waals surface area (Å²) in [6.45, 7) is 1.66. The number of sulfone groups is 1. The first kappa shape index (κ1) is 10.3. The highest BCUT2D eigenvalue weighted by molar-refractivity contribution is 7.90. The zero-order valence-corrected chi connectivity index (χ0v) is 9.63. The number of hydrogen-bond acceptors (Lipinski definition) is 4. The Morgan fingerprint density at radius 2 is 2.13 bits per heavy atom. The average molecular weight is 226 g/mol. The van der Waals surface area contributed by atoms with Crippen molar-refractivity contribution in [2.24, 2.45) is 0 Å². The van der Waals surface area contributed by atoms with Gasteiger partial charge in [-0.15, -0.1) is 0 Å². The summed E-state index contributed by atoms with van der Waals surface area (Å²) in [6, 6.07) is 5.34. The SMILES string of the molecule is CN1CCNc2c1cccc2S(C)(=O)=O. The maximum atomic E-state index is 11.6. The molecule has 5 heteroatoms. The minimum absolute atomic E-state index is 0.381. The van der Waals surface area contributed by atoms with Crippen molar-refractivity contribution in [2.75, 3.05) is 36.6 Å². The van der Waals surface area contributed by atoms with E-state index in [1.165, 1.54) is 6.26 Å². The molecular weight excluding hydrogens is 212 g/mol. The Balaban J connectivity index is 2.65. The van der Waals surface area contributed by atoms with Crippen LogP contribution in [0.4, 0.5) is 11.4 Å². The van der Waals surface area contributed by atoms with Crippen LogP contribution < -0.4 is 10.2 Å². The molecule has 0 saturated carbocycles. The summed E-state index contributed by atoms with van der Waals surface area (Å²) in [5.41, 5.74) is 1.68. The molecule has 0 radical (unpaired) electrons. The highest BCUT2D eigenvalue weighted by Crippen LogP contribution is 2.33. The van der Waals surface area contributed by atoms with Crippen LogP contribution in [0.25, 0.3) is 0 Å². The van der Waals surface area contributed by atoms with Crippen molar-refractivity contribution < 1.29 is 8.42 Å². The molecule has 0 amide bonds. The zero-order chi connectivity index (χ0) is 11.1. The minimum atomic E-state index is -3.16. The summed E-state index contributed by atoms with van der Waals surface area (Å²) < 4.78 is 23.1. The van der Waals surface area contributed by atoms with Gasteiger partial charge in [0.05, 0.1) is 16.3 Å². The molecule has 0 aromatic heterocycles. The van der Waals surface area contributed by atoms with Gasteiger partial charge in [-0.05, 0) is 12.1 Å². The lowest BCUT2D eigenvalue weighted by molar-refractivity contribution is 0.602. The smallest absolute Gasteiger partial charge is 0.177 e. The van der Waals surface area contributed by atoms with Gasteiger partial charge in [-0.25, -0.2) is 8.42 Å². The van der Waals surface area contributed by atoms with Gasteiger partial charge < -0.3 is 10.2 Å². The molecule has 0 unspecified atom stereocenters. The summed E-state index contributed by atoms with van der Waals surface area (Å²) in [6.07, 6.45) is 1.24. The fraction of sp³-hybridized carbons (Fsp3) is 0.400. The van der Waals surface area contributed by atoms with Crippen LogP contribution in [0.15, 0.2) is 23.1 Å². The average Bonchev–Trinajstić information content (AvgIpc) is 2.16. The van der Waals surface area contributed by atoms with Crippen LogP contribution in [0, 0.1) is 0 Å². The Bertz CT molecular complexity index is 482. The van der Waals surface area contributed by atoms with E-state index in [0.29, 0.717) is 4.90 Å². The lowest BCUT2D eigenvalue weighted by Crippen LogP contribution is -2.31. The number of rotatable bonds is 1. The van der Waals surface area contributed by atoms with Crippen LogP contribution in [0.1, 0.15) is 0 Å². The summed E-state index contributed by atoms with van der Waals surface area (Å²) in [5.74, 6) is 0. The molecule has 4 nitrogen and oxygen atoms in total. The third-order valence-corrected chi connectivity index (χ3v) is 3.70. The predicted octanol–water partition coefficient (Wildman–Crippen LogP) is 0.952. The molecule has 82 valence electrons. The second-order valence-corrected chi connectivity index (χ2v) is 5.75. The Hall–Kier alpha value is -1.23. The van der Waals surface area contributed by atoms with E-state index in [1.807, 2.05) is 13.1 Å². The maximum Gasteiger partial charge on any atom is 0.177 e. The normalized spacial score (nSPS) is 15.7. The van der Waals surface area contributed by atoms with Crippen molar-refractivity contribution in [3.63, 3.8) is 0 Å². The molecule has 0 fully saturated rings. The van der Waals surface area contributed by atoms with E-state index < -0.39 is 9.84 Å². The number of para-hydroxylation sites is 1. The number of nitrogens with zero attached hydrogens (tertiary/aromatic N) is 1. The molecule has 0 aliphatic carbocycles. The van der Waals surface area contributed by atoms with E-state index in [9.17, 15) is 8.42 Å². The summed E-state index contributed by atoms with van der Waals surface area (Å²) in [4.78, 5) is 2.44. The Kier molecular flexibility index (Phi) is 2.34.